The molecule has 1 aromatic carbocycles. The molecule has 5 nitrogen and oxygen atoms in total. The van der Waals surface area contributed by atoms with Crippen LogP contribution in [0.2, 0.25) is 0 Å². The van der Waals surface area contributed by atoms with Gasteiger partial charge >= 0.3 is 0 Å². The smallest absolute Gasteiger partial charge is 0.254 e. The minimum Gasteiger partial charge on any atom is -0.353 e. The summed E-state index contributed by atoms with van der Waals surface area (Å²) < 4.78 is 13.0. The van der Waals surface area contributed by atoms with E-state index in [1.54, 1.807) is 30.5 Å². The highest BCUT2D eigenvalue weighted by Crippen LogP contribution is 2.24. The number of halogens is 1. The Labute approximate surface area is 174 Å². The summed E-state index contributed by atoms with van der Waals surface area (Å²) in [6.45, 7) is 0.286. The van der Waals surface area contributed by atoms with Crippen molar-refractivity contribution >= 4 is 23.6 Å². The standard InChI is InChI=1S/C22H26FN3O2S/c23-17-10-8-16(9-11-17)15-29-22-19(7-4-13-25-22)21(28)24-14-12-20(27)26-18-5-2-1-3-6-18/h4,7-11,13,18H,1-3,5-6,12,14-15H2,(H,24,28)(H,26,27). The zero-order valence-electron chi connectivity index (χ0n) is 16.3. The molecule has 0 saturated heterocycles. The van der Waals surface area contributed by atoms with Gasteiger partial charge < -0.3 is 10.6 Å². The van der Waals surface area contributed by atoms with Crippen molar-refractivity contribution < 1.29 is 14.0 Å². The Morgan fingerprint density at radius 3 is 2.62 bits per heavy atom. The zero-order chi connectivity index (χ0) is 20.5. The summed E-state index contributed by atoms with van der Waals surface area (Å²) in [5.41, 5.74) is 1.43. The molecular formula is C22H26FN3O2S. The molecule has 2 aromatic rings. The van der Waals surface area contributed by atoms with E-state index in [2.05, 4.69) is 15.6 Å². The summed E-state index contributed by atoms with van der Waals surface area (Å²) in [5, 5.41) is 6.48. The number of thioether (sulfide) groups is 1. The zero-order valence-corrected chi connectivity index (χ0v) is 17.1. The Morgan fingerprint density at radius 1 is 1.10 bits per heavy atom. The molecule has 1 aliphatic rings. The van der Waals surface area contributed by atoms with Gasteiger partial charge in [-0.2, -0.15) is 0 Å². The molecule has 0 bridgehead atoms. The summed E-state index contributed by atoms with van der Waals surface area (Å²) in [5.74, 6) is 0.0464. The number of rotatable bonds is 8. The van der Waals surface area contributed by atoms with Crippen molar-refractivity contribution in [1.29, 1.82) is 0 Å². The Morgan fingerprint density at radius 2 is 1.86 bits per heavy atom. The van der Waals surface area contributed by atoms with Gasteiger partial charge in [0.05, 0.1) is 5.56 Å². The van der Waals surface area contributed by atoms with Crippen LogP contribution in [0.25, 0.3) is 0 Å². The number of pyridine rings is 1. The molecular weight excluding hydrogens is 389 g/mol. The van der Waals surface area contributed by atoms with Crippen LogP contribution in [0, 0.1) is 5.82 Å². The van der Waals surface area contributed by atoms with Crippen LogP contribution in [-0.2, 0) is 10.5 Å². The number of hydrogen-bond acceptors (Lipinski definition) is 4. The Kier molecular flexibility index (Phi) is 8.04. The molecule has 2 N–H and O–H groups in total. The lowest BCUT2D eigenvalue weighted by Crippen LogP contribution is -2.38. The SMILES string of the molecule is O=C(CCNC(=O)c1cccnc1SCc1ccc(F)cc1)NC1CCCCC1. The highest BCUT2D eigenvalue weighted by atomic mass is 32.2. The van der Waals surface area contributed by atoms with Crippen LogP contribution in [0.1, 0.15) is 54.4 Å². The van der Waals surface area contributed by atoms with Gasteiger partial charge in [-0.15, -0.1) is 11.8 Å². The van der Waals surface area contributed by atoms with E-state index in [4.69, 9.17) is 0 Å². The molecule has 0 atom stereocenters. The number of amides is 2. The van der Waals surface area contributed by atoms with E-state index in [-0.39, 0.29) is 36.6 Å². The number of nitrogens with zero attached hydrogens (tertiary/aromatic N) is 1. The second kappa shape index (κ2) is 11.0. The number of benzene rings is 1. The van der Waals surface area contributed by atoms with Crippen LogP contribution in [-0.4, -0.2) is 29.4 Å². The van der Waals surface area contributed by atoms with Crippen LogP contribution >= 0.6 is 11.8 Å². The molecule has 0 unspecified atom stereocenters. The monoisotopic (exact) mass is 415 g/mol. The van der Waals surface area contributed by atoms with Gasteiger partial charge in [0.2, 0.25) is 5.91 Å². The van der Waals surface area contributed by atoms with Crippen molar-refractivity contribution in [2.24, 2.45) is 0 Å². The predicted octanol–water partition coefficient (Wildman–Crippen LogP) is 4.08. The van der Waals surface area contributed by atoms with E-state index >= 15 is 0 Å². The lowest BCUT2D eigenvalue weighted by atomic mass is 9.95. The summed E-state index contributed by atoms with van der Waals surface area (Å²) in [6.07, 6.45) is 7.57. The molecule has 29 heavy (non-hydrogen) atoms. The maximum atomic E-state index is 13.0. The largest absolute Gasteiger partial charge is 0.353 e. The van der Waals surface area contributed by atoms with Crippen LogP contribution < -0.4 is 10.6 Å². The fourth-order valence-corrected chi connectivity index (χ4v) is 4.29. The molecule has 0 radical (unpaired) electrons. The van der Waals surface area contributed by atoms with Crippen LogP contribution in [0.15, 0.2) is 47.6 Å². The van der Waals surface area contributed by atoms with Crippen molar-refractivity contribution in [3.05, 3.63) is 59.5 Å². The summed E-state index contributed by atoms with van der Waals surface area (Å²) in [6, 6.07) is 9.98. The molecule has 1 fully saturated rings. The average molecular weight is 416 g/mol. The van der Waals surface area contributed by atoms with Gasteiger partial charge in [-0.3, -0.25) is 9.59 Å². The van der Waals surface area contributed by atoms with Gasteiger partial charge in [0.25, 0.3) is 5.91 Å². The topological polar surface area (TPSA) is 71.1 Å². The number of carbonyl (C=O) groups is 2. The van der Waals surface area contributed by atoms with Crippen molar-refractivity contribution in [2.75, 3.05) is 6.54 Å². The number of nitrogens with one attached hydrogen (secondary N) is 2. The van der Waals surface area contributed by atoms with Crippen LogP contribution in [0.5, 0.6) is 0 Å². The van der Waals surface area contributed by atoms with Crippen molar-refractivity contribution in [1.82, 2.24) is 15.6 Å². The molecule has 7 heteroatoms. The first-order chi connectivity index (χ1) is 14.1. The Balaban J connectivity index is 1.47. The quantitative estimate of drug-likeness (QED) is 0.638. The van der Waals surface area contributed by atoms with Crippen molar-refractivity contribution in [3.8, 4) is 0 Å². The maximum absolute atomic E-state index is 13.0. The molecule has 0 aliphatic heterocycles. The molecule has 1 saturated carbocycles. The Bertz CT molecular complexity index is 823. The number of carbonyl (C=O) groups excluding carboxylic acids is 2. The highest BCUT2D eigenvalue weighted by molar-refractivity contribution is 7.98. The van der Waals surface area contributed by atoms with Crippen LogP contribution in [0.3, 0.4) is 0 Å². The Hall–Kier alpha value is -2.41. The highest BCUT2D eigenvalue weighted by Gasteiger charge is 2.16. The van der Waals surface area contributed by atoms with Gasteiger partial charge in [0.15, 0.2) is 0 Å². The molecule has 2 amide bonds. The van der Waals surface area contributed by atoms with Gasteiger partial charge in [0, 0.05) is 31.0 Å². The first-order valence-electron chi connectivity index (χ1n) is 10.0. The molecule has 1 aromatic heterocycles. The van der Waals surface area contributed by atoms with E-state index in [9.17, 15) is 14.0 Å². The van der Waals surface area contributed by atoms with E-state index in [0.717, 1.165) is 18.4 Å². The molecule has 154 valence electrons. The molecule has 1 aliphatic carbocycles. The van der Waals surface area contributed by atoms with Gasteiger partial charge in [-0.05, 0) is 42.7 Å². The second-order valence-electron chi connectivity index (χ2n) is 7.18. The maximum Gasteiger partial charge on any atom is 0.254 e. The summed E-state index contributed by atoms with van der Waals surface area (Å²) in [4.78, 5) is 28.9. The molecule has 0 spiro atoms. The van der Waals surface area contributed by atoms with Crippen molar-refractivity contribution in [2.45, 2.75) is 55.3 Å². The number of aromatic nitrogens is 1. The lowest BCUT2D eigenvalue weighted by molar-refractivity contribution is -0.121. The first-order valence-corrected chi connectivity index (χ1v) is 11.0. The van der Waals surface area contributed by atoms with E-state index in [1.165, 1.54) is 43.2 Å². The van der Waals surface area contributed by atoms with Gasteiger partial charge in [-0.1, -0.05) is 31.4 Å². The summed E-state index contributed by atoms with van der Waals surface area (Å²) in [7, 11) is 0. The third-order valence-electron chi connectivity index (χ3n) is 4.91. The van der Waals surface area contributed by atoms with Crippen molar-refractivity contribution in [3.63, 3.8) is 0 Å². The minimum atomic E-state index is -0.274. The predicted molar refractivity (Wildman–Crippen MR) is 112 cm³/mol. The second-order valence-corrected chi connectivity index (χ2v) is 8.14. The summed E-state index contributed by atoms with van der Waals surface area (Å²) >= 11 is 1.42. The van der Waals surface area contributed by atoms with Crippen LogP contribution in [0.4, 0.5) is 4.39 Å². The minimum absolute atomic E-state index is 0.0192. The third-order valence-corrected chi connectivity index (χ3v) is 5.99. The third kappa shape index (κ3) is 6.85. The normalized spacial score (nSPS) is 14.4. The first kappa shape index (κ1) is 21.3. The van der Waals surface area contributed by atoms with E-state index in [0.29, 0.717) is 16.3 Å². The van der Waals surface area contributed by atoms with Gasteiger partial charge in [0.1, 0.15) is 10.8 Å². The number of hydrogen-bond donors (Lipinski definition) is 2. The molecule has 1 heterocycles. The fourth-order valence-electron chi connectivity index (χ4n) is 3.34. The fraction of sp³-hybridized carbons (Fsp3) is 0.409. The molecule has 3 rings (SSSR count). The van der Waals surface area contributed by atoms with E-state index in [1.807, 2.05) is 0 Å². The van der Waals surface area contributed by atoms with Gasteiger partial charge in [-0.25, -0.2) is 9.37 Å². The average Bonchev–Trinajstić information content (AvgIpc) is 2.74. The van der Waals surface area contributed by atoms with E-state index < -0.39 is 0 Å². The lowest BCUT2D eigenvalue weighted by Gasteiger charge is -2.22.